The molecule has 1 aromatic rings. The zero-order chi connectivity index (χ0) is 10.6. The summed E-state index contributed by atoms with van der Waals surface area (Å²) >= 11 is 0. The average Bonchev–Trinajstić information content (AvgIpc) is 2.21. The lowest BCUT2D eigenvalue weighted by atomic mass is 10.1. The van der Waals surface area contributed by atoms with Crippen molar-refractivity contribution in [2.45, 2.75) is 6.42 Å². The predicted molar refractivity (Wildman–Crippen MR) is 49.1 cm³/mol. The van der Waals surface area contributed by atoms with Gasteiger partial charge in [-0.3, -0.25) is 4.79 Å². The van der Waals surface area contributed by atoms with E-state index in [2.05, 4.69) is 9.72 Å². The highest BCUT2D eigenvalue weighted by molar-refractivity contribution is 5.75. The van der Waals surface area contributed by atoms with Gasteiger partial charge in [-0.2, -0.15) is 5.26 Å². The van der Waals surface area contributed by atoms with E-state index in [9.17, 15) is 4.79 Å². The number of ether oxygens (including phenoxy) is 1. The molecule has 0 bridgehead atoms. The van der Waals surface area contributed by atoms with Crippen molar-refractivity contribution in [3.63, 3.8) is 0 Å². The Morgan fingerprint density at radius 1 is 1.79 bits per heavy atom. The van der Waals surface area contributed by atoms with Gasteiger partial charge in [-0.05, 0) is 11.6 Å². The third-order valence-corrected chi connectivity index (χ3v) is 1.75. The lowest BCUT2D eigenvalue weighted by Gasteiger charge is -2.04. The van der Waals surface area contributed by atoms with Gasteiger partial charge in [0.15, 0.2) is 5.69 Å². The Bertz CT molecular complexity index is 396. The number of aromatic nitrogens is 1. The van der Waals surface area contributed by atoms with Crippen molar-refractivity contribution in [1.29, 1.82) is 5.26 Å². The fourth-order valence-electron chi connectivity index (χ4n) is 0.984. The fraction of sp³-hybridized carbons (Fsp3) is 0.222. The van der Waals surface area contributed by atoms with Gasteiger partial charge >= 0.3 is 5.97 Å². The van der Waals surface area contributed by atoms with Gasteiger partial charge in [0.1, 0.15) is 6.07 Å². The molecule has 0 aromatic carbocycles. The van der Waals surface area contributed by atoms with Crippen molar-refractivity contribution in [3.8, 4) is 6.07 Å². The molecule has 0 fully saturated rings. The summed E-state index contributed by atoms with van der Waals surface area (Å²) in [6.07, 6.45) is 1.49. The molecule has 1 heterocycles. The third kappa shape index (κ3) is 1.98. The molecule has 72 valence electrons. The van der Waals surface area contributed by atoms with E-state index in [1.54, 1.807) is 6.07 Å². The van der Waals surface area contributed by atoms with E-state index in [0.29, 0.717) is 5.56 Å². The summed E-state index contributed by atoms with van der Waals surface area (Å²) in [7, 11) is 1.30. The van der Waals surface area contributed by atoms with Crippen molar-refractivity contribution in [2.24, 2.45) is 0 Å². The van der Waals surface area contributed by atoms with Crippen molar-refractivity contribution in [2.75, 3.05) is 12.8 Å². The number of pyridine rings is 1. The van der Waals surface area contributed by atoms with E-state index in [1.165, 1.54) is 13.3 Å². The number of esters is 1. The molecule has 0 aliphatic heterocycles. The highest BCUT2D eigenvalue weighted by Crippen LogP contribution is 2.14. The molecule has 0 radical (unpaired) electrons. The van der Waals surface area contributed by atoms with Crippen LogP contribution in [0.3, 0.4) is 0 Å². The van der Waals surface area contributed by atoms with Gasteiger partial charge in [0.2, 0.25) is 0 Å². The SMILES string of the molecule is COC(=O)Cc1ccnc(C#N)c1N. The van der Waals surface area contributed by atoms with E-state index >= 15 is 0 Å². The molecule has 0 aliphatic rings. The first-order valence-corrected chi connectivity index (χ1v) is 3.89. The summed E-state index contributed by atoms with van der Waals surface area (Å²) in [5, 5.41) is 8.63. The standard InChI is InChI=1S/C9H9N3O2/c1-14-8(13)4-6-2-3-12-7(5-10)9(6)11/h2-3H,4,11H2,1H3. The number of carbonyl (C=O) groups is 1. The maximum Gasteiger partial charge on any atom is 0.310 e. The molecular weight excluding hydrogens is 182 g/mol. The molecule has 5 heteroatoms. The van der Waals surface area contributed by atoms with Gasteiger partial charge in [-0.1, -0.05) is 0 Å². The normalized spacial score (nSPS) is 9.14. The second-order valence-corrected chi connectivity index (χ2v) is 2.60. The number of nitrogens with two attached hydrogens (primary N) is 1. The fourth-order valence-corrected chi connectivity index (χ4v) is 0.984. The average molecular weight is 191 g/mol. The van der Waals surface area contributed by atoms with Gasteiger partial charge in [0.25, 0.3) is 0 Å². The van der Waals surface area contributed by atoms with Crippen LogP contribution in [-0.2, 0) is 16.0 Å². The smallest absolute Gasteiger partial charge is 0.310 e. The van der Waals surface area contributed by atoms with E-state index in [4.69, 9.17) is 11.0 Å². The number of hydrogen-bond acceptors (Lipinski definition) is 5. The minimum atomic E-state index is -0.396. The molecule has 1 aromatic heterocycles. The zero-order valence-corrected chi connectivity index (χ0v) is 7.65. The van der Waals surface area contributed by atoms with Gasteiger partial charge in [-0.15, -0.1) is 0 Å². The largest absolute Gasteiger partial charge is 0.469 e. The van der Waals surface area contributed by atoms with E-state index in [-0.39, 0.29) is 17.8 Å². The number of hydrogen-bond donors (Lipinski definition) is 1. The van der Waals surface area contributed by atoms with Crippen molar-refractivity contribution in [1.82, 2.24) is 4.98 Å². The van der Waals surface area contributed by atoms with E-state index < -0.39 is 5.97 Å². The molecule has 1 rings (SSSR count). The van der Waals surface area contributed by atoms with Crippen LogP contribution in [0, 0.1) is 11.3 Å². The van der Waals surface area contributed by atoms with Crippen LogP contribution < -0.4 is 5.73 Å². The number of nitrogen functional groups attached to an aromatic ring is 1. The minimum absolute atomic E-state index is 0.0551. The number of methoxy groups -OCH3 is 1. The summed E-state index contributed by atoms with van der Waals surface area (Å²) in [6.45, 7) is 0. The van der Waals surface area contributed by atoms with Crippen LogP contribution in [-0.4, -0.2) is 18.1 Å². The van der Waals surface area contributed by atoms with Gasteiger partial charge in [0.05, 0.1) is 19.2 Å². The summed E-state index contributed by atoms with van der Waals surface area (Å²) in [4.78, 5) is 14.7. The highest BCUT2D eigenvalue weighted by Gasteiger charge is 2.09. The Hall–Kier alpha value is -2.09. The van der Waals surface area contributed by atoms with Crippen LogP contribution in [0.4, 0.5) is 5.69 Å². The Kier molecular flexibility index (Phi) is 3.02. The first kappa shape index (κ1) is 9.99. The third-order valence-electron chi connectivity index (χ3n) is 1.75. The first-order chi connectivity index (χ1) is 6.69. The van der Waals surface area contributed by atoms with E-state index in [1.807, 2.05) is 6.07 Å². The molecular formula is C9H9N3O2. The Morgan fingerprint density at radius 2 is 2.50 bits per heavy atom. The van der Waals surface area contributed by atoms with Crippen molar-refractivity contribution in [3.05, 3.63) is 23.5 Å². The molecule has 0 saturated heterocycles. The Balaban J connectivity index is 2.99. The van der Waals surface area contributed by atoms with Gasteiger partial charge in [-0.25, -0.2) is 4.98 Å². The molecule has 2 N–H and O–H groups in total. The van der Waals surface area contributed by atoms with Crippen LogP contribution in [0.2, 0.25) is 0 Å². The predicted octanol–water partition coefficient (Wildman–Crippen LogP) is 0.251. The topological polar surface area (TPSA) is 89.0 Å². The van der Waals surface area contributed by atoms with Crippen molar-refractivity contribution < 1.29 is 9.53 Å². The molecule has 0 aliphatic carbocycles. The van der Waals surface area contributed by atoms with Gasteiger partial charge in [0, 0.05) is 6.20 Å². The molecule has 0 atom stereocenters. The minimum Gasteiger partial charge on any atom is -0.469 e. The zero-order valence-electron chi connectivity index (χ0n) is 7.65. The maximum absolute atomic E-state index is 11.0. The van der Waals surface area contributed by atoms with Gasteiger partial charge < -0.3 is 10.5 Å². The molecule has 0 unspecified atom stereocenters. The van der Waals surface area contributed by atoms with Crippen LogP contribution in [0.1, 0.15) is 11.3 Å². The highest BCUT2D eigenvalue weighted by atomic mass is 16.5. The molecule has 5 nitrogen and oxygen atoms in total. The molecule has 14 heavy (non-hydrogen) atoms. The summed E-state index contributed by atoms with van der Waals surface area (Å²) < 4.78 is 4.48. The number of rotatable bonds is 2. The Labute approximate surface area is 81.1 Å². The lowest BCUT2D eigenvalue weighted by Crippen LogP contribution is -2.08. The molecule has 0 amide bonds. The lowest BCUT2D eigenvalue weighted by molar-refractivity contribution is -0.139. The number of nitriles is 1. The first-order valence-electron chi connectivity index (χ1n) is 3.89. The quantitative estimate of drug-likeness (QED) is 0.677. The summed E-state index contributed by atoms with van der Waals surface area (Å²) in [5.74, 6) is -0.396. The summed E-state index contributed by atoms with van der Waals surface area (Å²) in [5.41, 5.74) is 6.53. The monoisotopic (exact) mass is 191 g/mol. The van der Waals surface area contributed by atoms with Crippen LogP contribution in [0.5, 0.6) is 0 Å². The Morgan fingerprint density at radius 3 is 3.07 bits per heavy atom. The maximum atomic E-state index is 11.0. The molecule has 0 saturated carbocycles. The second-order valence-electron chi connectivity index (χ2n) is 2.60. The van der Waals surface area contributed by atoms with Crippen LogP contribution >= 0.6 is 0 Å². The molecule has 0 spiro atoms. The van der Waals surface area contributed by atoms with Crippen molar-refractivity contribution >= 4 is 11.7 Å². The number of nitrogens with zero attached hydrogens (tertiary/aromatic N) is 2. The second kappa shape index (κ2) is 4.23. The number of anilines is 1. The van der Waals surface area contributed by atoms with E-state index in [0.717, 1.165) is 0 Å². The number of carbonyl (C=O) groups excluding carboxylic acids is 1. The van der Waals surface area contributed by atoms with Crippen LogP contribution in [0.15, 0.2) is 12.3 Å². The summed E-state index contributed by atoms with van der Waals surface area (Å²) in [6, 6.07) is 3.43. The van der Waals surface area contributed by atoms with Crippen LogP contribution in [0.25, 0.3) is 0 Å².